The van der Waals surface area contributed by atoms with E-state index in [-0.39, 0.29) is 30.3 Å². The quantitative estimate of drug-likeness (QED) is 0.462. The number of carbonyl (C=O) groups is 3. The van der Waals surface area contributed by atoms with Crippen LogP contribution in [0.4, 0.5) is 5.69 Å². The molecule has 1 saturated carbocycles. The SMILES string of the molecule is COc1ccccc1C(=O)NC(CCSC)C(=O)Nc1cnn(CC(=O)NC2CCCC2)c1. The van der Waals surface area contributed by atoms with E-state index in [1.54, 1.807) is 42.2 Å². The maximum absolute atomic E-state index is 12.9. The molecule has 9 nitrogen and oxygen atoms in total. The Kier molecular flexibility index (Phi) is 9.17. The first kappa shape index (κ1) is 24.6. The molecule has 1 aliphatic carbocycles. The highest BCUT2D eigenvalue weighted by atomic mass is 32.2. The van der Waals surface area contributed by atoms with E-state index in [9.17, 15) is 14.4 Å². The number of nitrogens with one attached hydrogen (secondary N) is 3. The maximum atomic E-state index is 12.9. The second-order valence-corrected chi connectivity index (χ2v) is 8.96. The Morgan fingerprint density at radius 1 is 1.24 bits per heavy atom. The summed E-state index contributed by atoms with van der Waals surface area (Å²) in [6.45, 7) is 0.0901. The topological polar surface area (TPSA) is 114 Å². The maximum Gasteiger partial charge on any atom is 0.255 e. The number of hydrogen-bond donors (Lipinski definition) is 3. The van der Waals surface area contributed by atoms with Gasteiger partial charge in [0.15, 0.2) is 0 Å². The second kappa shape index (κ2) is 12.3. The lowest BCUT2D eigenvalue weighted by Crippen LogP contribution is -2.44. The van der Waals surface area contributed by atoms with Crippen LogP contribution in [0.1, 0.15) is 42.5 Å². The third kappa shape index (κ3) is 7.24. The average Bonchev–Trinajstić information content (AvgIpc) is 3.48. The van der Waals surface area contributed by atoms with Crippen molar-refractivity contribution >= 4 is 35.2 Å². The van der Waals surface area contributed by atoms with Gasteiger partial charge in [0.1, 0.15) is 18.3 Å². The van der Waals surface area contributed by atoms with E-state index >= 15 is 0 Å². The Morgan fingerprint density at radius 2 is 2.00 bits per heavy atom. The van der Waals surface area contributed by atoms with Gasteiger partial charge in [-0.15, -0.1) is 0 Å². The molecule has 1 aromatic carbocycles. The molecule has 1 unspecified atom stereocenters. The molecule has 3 N–H and O–H groups in total. The average molecular weight is 474 g/mol. The molecule has 1 aromatic heterocycles. The number of carbonyl (C=O) groups excluding carboxylic acids is 3. The monoisotopic (exact) mass is 473 g/mol. The van der Waals surface area contributed by atoms with Crippen LogP contribution in [0, 0.1) is 0 Å². The molecular weight excluding hydrogens is 442 g/mol. The molecule has 0 bridgehead atoms. The Labute approximate surface area is 198 Å². The van der Waals surface area contributed by atoms with Crippen molar-refractivity contribution in [3.63, 3.8) is 0 Å². The summed E-state index contributed by atoms with van der Waals surface area (Å²) in [6.07, 6.45) is 9.84. The minimum absolute atomic E-state index is 0.0901. The van der Waals surface area contributed by atoms with Gasteiger partial charge in [-0.1, -0.05) is 25.0 Å². The van der Waals surface area contributed by atoms with E-state index in [1.165, 1.54) is 18.0 Å². The van der Waals surface area contributed by atoms with Crippen LogP contribution >= 0.6 is 11.8 Å². The predicted octanol–water partition coefficient (Wildman–Crippen LogP) is 2.44. The number of hydrogen-bond acceptors (Lipinski definition) is 6. The van der Waals surface area contributed by atoms with Gasteiger partial charge in [-0.2, -0.15) is 16.9 Å². The van der Waals surface area contributed by atoms with Gasteiger partial charge in [-0.05, 0) is 43.4 Å². The highest BCUT2D eigenvalue weighted by Gasteiger charge is 2.23. The molecular formula is C23H31N5O4S. The van der Waals surface area contributed by atoms with Crippen molar-refractivity contribution < 1.29 is 19.1 Å². The van der Waals surface area contributed by atoms with E-state index in [0.29, 0.717) is 29.2 Å². The number of methoxy groups -OCH3 is 1. The van der Waals surface area contributed by atoms with E-state index in [1.807, 2.05) is 6.26 Å². The Morgan fingerprint density at radius 3 is 2.73 bits per heavy atom. The van der Waals surface area contributed by atoms with Crippen LogP contribution in [0.25, 0.3) is 0 Å². The molecule has 0 spiro atoms. The molecule has 1 atom stereocenters. The first-order valence-corrected chi connectivity index (χ1v) is 12.4. The number of benzene rings is 1. The van der Waals surface area contributed by atoms with Crippen LogP contribution in [0.15, 0.2) is 36.7 Å². The fourth-order valence-corrected chi connectivity index (χ4v) is 4.28. The van der Waals surface area contributed by atoms with Gasteiger partial charge in [0.05, 0.1) is 24.6 Å². The zero-order valence-corrected chi connectivity index (χ0v) is 19.8. The highest BCUT2D eigenvalue weighted by molar-refractivity contribution is 7.98. The largest absolute Gasteiger partial charge is 0.496 e. The first-order chi connectivity index (χ1) is 16.0. The zero-order chi connectivity index (χ0) is 23.6. The van der Waals surface area contributed by atoms with Gasteiger partial charge in [0.25, 0.3) is 5.91 Å². The summed E-state index contributed by atoms with van der Waals surface area (Å²) in [7, 11) is 1.50. The molecule has 1 aliphatic rings. The first-order valence-electron chi connectivity index (χ1n) is 11.1. The summed E-state index contributed by atoms with van der Waals surface area (Å²) in [6, 6.07) is 6.38. The molecule has 3 rings (SSSR count). The molecule has 10 heteroatoms. The van der Waals surface area contributed by atoms with E-state index in [2.05, 4.69) is 21.0 Å². The van der Waals surface area contributed by atoms with Crippen LogP contribution < -0.4 is 20.7 Å². The van der Waals surface area contributed by atoms with Gasteiger partial charge in [0, 0.05) is 12.2 Å². The lowest BCUT2D eigenvalue weighted by Gasteiger charge is -2.18. The van der Waals surface area contributed by atoms with Crippen LogP contribution in [0.5, 0.6) is 5.75 Å². The van der Waals surface area contributed by atoms with Crippen molar-refractivity contribution in [2.75, 3.05) is 24.4 Å². The summed E-state index contributed by atoms with van der Waals surface area (Å²) in [5.41, 5.74) is 0.831. The summed E-state index contributed by atoms with van der Waals surface area (Å²) in [5.74, 6) is 0.321. The summed E-state index contributed by atoms with van der Waals surface area (Å²) in [5, 5.41) is 12.8. The Bertz CT molecular complexity index is 958. The van der Waals surface area contributed by atoms with Crippen molar-refractivity contribution in [1.29, 1.82) is 0 Å². The third-order valence-corrected chi connectivity index (χ3v) is 6.15. The van der Waals surface area contributed by atoms with Gasteiger partial charge in [-0.3, -0.25) is 19.1 Å². The molecule has 178 valence electrons. The highest BCUT2D eigenvalue weighted by Crippen LogP contribution is 2.18. The van der Waals surface area contributed by atoms with Crippen molar-refractivity contribution in [2.45, 2.75) is 50.7 Å². The van der Waals surface area contributed by atoms with Gasteiger partial charge >= 0.3 is 0 Å². The number of aromatic nitrogens is 2. The molecule has 0 aliphatic heterocycles. The lowest BCUT2D eigenvalue weighted by molar-refractivity contribution is -0.122. The Hall–Kier alpha value is -3.01. The minimum Gasteiger partial charge on any atom is -0.496 e. The molecule has 0 saturated heterocycles. The van der Waals surface area contributed by atoms with Crippen molar-refractivity contribution in [1.82, 2.24) is 20.4 Å². The van der Waals surface area contributed by atoms with Gasteiger partial charge < -0.3 is 20.7 Å². The van der Waals surface area contributed by atoms with Gasteiger partial charge in [-0.25, -0.2) is 0 Å². The van der Waals surface area contributed by atoms with E-state index in [0.717, 1.165) is 25.7 Å². The molecule has 0 radical (unpaired) electrons. The number of ether oxygens (including phenoxy) is 1. The number of para-hydroxylation sites is 1. The molecule has 3 amide bonds. The number of thioether (sulfide) groups is 1. The number of amides is 3. The number of nitrogens with zero attached hydrogens (tertiary/aromatic N) is 2. The molecule has 2 aromatic rings. The zero-order valence-electron chi connectivity index (χ0n) is 19.0. The fourth-order valence-electron chi connectivity index (χ4n) is 3.81. The summed E-state index contributed by atoms with van der Waals surface area (Å²) in [4.78, 5) is 37.9. The van der Waals surface area contributed by atoms with Crippen LogP contribution in [0.2, 0.25) is 0 Å². The summed E-state index contributed by atoms with van der Waals surface area (Å²) >= 11 is 1.59. The van der Waals surface area contributed by atoms with Crippen LogP contribution in [-0.2, 0) is 16.1 Å². The molecule has 33 heavy (non-hydrogen) atoms. The van der Waals surface area contributed by atoms with E-state index < -0.39 is 6.04 Å². The summed E-state index contributed by atoms with van der Waals surface area (Å²) < 4.78 is 6.74. The molecule has 1 heterocycles. The minimum atomic E-state index is -0.733. The van der Waals surface area contributed by atoms with E-state index in [4.69, 9.17) is 4.74 Å². The van der Waals surface area contributed by atoms with Crippen molar-refractivity contribution in [2.24, 2.45) is 0 Å². The van der Waals surface area contributed by atoms with Crippen molar-refractivity contribution in [3.05, 3.63) is 42.2 Å². The van der Waals surface area contributed by atoms with Crippen molar-refractivity contribution in [3.8, 4) is 5.75 Å². The van der Waals surface area contributed by atoms with Crippen LogP contribution in [-0.4, -0.2) is 58.7 Å². The number of rotatable bonds is 11. The second-order valence-electron chi connectivity index (χ2n) is 7.97. The number of anilines is 1. The van der Waals surface area contributed by atoms with Gasteiger partial charge in [0.2, 0.25) is 11.8 Å². The smallest absolute Gasteiger partial charge is 0.255 e. The third-order valence-electron chi connectivity index (χ3n) is 5.51. The standard InChI is InChI=1S/C23H31N5O4S/c1-32-20-10-6-5-9-18(20)22(30)27-19(11-12-33-2)23(31)26-17-13-24-28(14-17)15-21(29)25-16-7-3-4-8-16/h5-6,9-10,13-14,16,19H,3-4,7-8,11-12,15H2,1-2H3,(H,25,29)(H,26,31)(H,27,30). The molecule has 1 fully saturated rings. The lowest BCUT2D eigenvalue weighted by atomic mass is 10.1. The predicted molar refractivity (Wildman–Crippen MR) is 129 cm³/mol. The normalized spacial score (nSPS) is 14.5. The Balaban J connectivity index is 1.59. The van der Waals surface area contributed by atoms with Crippen LogP contribution in [0.3, 0.4) is 0 Å². The fraction of sp³-hybridized carbons (Fsp3) is 0.478.